The summed E-state index contributed by atoms with van der Waals surface area (Å²) in [6, 6.07) is 8.65. The number of fused-ring (bicyclic) bond motifs is 1. The lowest BCUT2D eigenvalue weighted by molar-refractivity contribution is 0.410. The summed E-state index contributed by atoms with van der Waals surface area (Å²) in [7, 11) is 1.58. The van der Waals surface area contributed by atoms with Gasteiger partial charge in [0, 0.05) is 61.5 Å². The summed E-state index contributed by atoms with van der Waals surface area (Å²) in [5, 5.41) is 0. The Morgan fingerprint density at radius 2 is 1.70 bits per heavy atom. The summed E-state index contributed by atoms with van der Waals surface area (Å²) in [5.74, 6) is 2.13. The second kappa shape index (κ2) is 7.89. The van der Waals surface area contributed by atoms with Gasteiger partial charge in [0.25, 0.3) is 0 Å². The maximum absolute atomic E-state index is 13.6. The van der Waals surface area contributed by atoms with Gasteiger partial charge in [-0.1, -0.05) is 0 Å². The highest BCUT2D eigenvalue weighted by Gasteiger charge is 2.27. The van der Waals surface area contributed by atoms with E-state index >= 15 is 0 Å². The third kappa shape index (κ3) is 3.44. The lowest BCUT2D eigenvalue weighted by Gasteiger charge is -2.38. The van der Waals surface area contributed by atoms with Crippen LogP contribution in [0.15, 0.2) is 42.7 Å². The van der Waals surface area contributed by atoms with E-state index in [1.54, 1.807) is 25.6 Å². The lowest BCUT2D eigenvalue weighted by Crippen LogP contribution is -2.47. The van der Waals surface area contributed by atoms with Gasteiger partial charge in [0.2, 0.25) is 0 Å². The van der Waals surface area contributed by atoms with Gasteiger partial charge >= 0.3 is 0 Å². The smallest absolute Gasteiger partial charge is 0.161 e. The summed E-state index contributed by atoms with van der Waals surface area (Å²) in [6.07, 6.45) is 6.73. The first-order valence-electron chi connectivity index (χ1n) is 10.4. The molecule has 1 saturated heterocycles. The Kier molecular flexibility index (Phi) is 4.94. The second-order valence-electron chi connectivity index (χ2n) is 7.68. The first kappa shape index (κ1) is 18.8. The highest BCUT2D eigenvalue weighted by molar-refractivity contribution is 5.63. The molecular weight excluding hydrogens is 381 g/mol. The van der Waals surface area contributed by atoms with E-state index in [0.29, 0.717) is 5.75 Å². The first-order chi connectivity index (χ1) is 14.7. The number of benzene rings is 1. The molecule has 30 heavy (non-hydrogen) atoms. The molecule has 0 N–H and O–H groups in total. The fraction of sp³-hybridized carbons (Fsp3) is 0.348. The van der Waals surface area contributed by atoms with Crippen LogP contribution in [0.3, 0.4) is 0 Å². The van der Waals surface area contributed by atoms with Crippen LogP contribution < -0.4 is 14.5 Å². The van der Waals surface area contributed by atoms with E-state index in [1.165, 1.54) is 23.4 Å². The number of pyridine rings is 1. The molecular formula is C23H24FN5O. The summed E-state index contributed by atoms with van der Waals surface area (Å²) < 4.78 is 19.0. The minimum Gasteiger partial charge on any atom is -0.494 e. The Labute approximate surface area is 175 Å². The Morgan fingerprint density at radius 3 is 2.47 bits per heavy atom. The molecule has 0 atom stereocenters. The van der Waals surface area contributed by atoms with Crippen LogP contribution in [-0.2, 0) is 12.8 Å². The second-order valence-corrected chi connectivity index (χ2v) is 7.68. The Morgan fingerprint density at radius 1 is 0.933 bits per heavy atom. The molecule has 1 aromatic carbocycles. The van der Waals surface area contributed by atoms with Gasteiger partial charge in [-0.05, 0) is 43.5 Å². The third-order valence-electron chi connectivity index (χ3n) is 5.91. The standard InChI is InChI=1S/C23H24FN5O/c1-30-21-15-17(24)5-6-20(21)28-11-13-29(14-12-28)23-18-3-2-4-19(18)26-22(27-23)16-7-9-25-10-8-16/h5-10,15H,2-4,11-14H2,1H3. The normalized spacial score (nSPS) is 15.9. The predicted molar refractivity (Wildman–Crippen MR) is 115 cm³/mol. The number of methoxy groups -OCH3 is 1. The summed E-state index contributed by atoms with van der Waals surface area (Å²) in [4.78, 5) is 18.5. The molecule has 2 aliphatic rings. The van der Waals surface area contributed by atoms with Crippen molar-refractivity contribution >= 4 is 11.5 Å². The number of ether oxygens (including phenoxy) is 1. The van der Waals surface area contributed by atoms with Crippen molar-refractivity contribution in [3.63, 3.8) is 0 Å². The molecule has 0 bridgehead atoms. The maximum Gasteiger partial charge on any atom is 0.161 e. The quantitative estimate of drug-likeness (QED) is 0.662. The highest BCUT2D eigenvalue weighted by atomic mass is 19.1. The fourth-order valence-electron chi connectivity index (χ4n) is 4.38. The number of aryl methyl sites for hydroxylation is 1. The number of nitrogens with zero attached hydrogens (tertiary/aromatic N) is 5. The van der Waals surface area contributed by atoms with Gasteiger partial charge in [-0.25, -0.2) is 14.4 Å². The van der Waals surface area contributed by atoms with E-state index in [1.807, 2.05) is 12.1 Å². The van der Waals surface area contributed by atoms with Gasteiger partial charge in [-0.15, -0.1) is 0 Å². The monoisotopic (exact) mass is 405 g/mol. The molecule has 0 saturated carbocycles. The minimum atomic E-state index is -0.283. The Balaban J connectivity index is 1.41. The third-order valence-corrected chi connectivity index (χ3v) is 5.91. The topological polar surface area (TPSA) is 54.4 Å². The van der Waals surface area contributed by atoms with Gasteiger partial charge in [-0.2, -0.15) is 0 Å². The molecule has 3 aromatic rings. The van der Waals surface area contributed by atoms with Gasteiger partial charge in [0.05, 0.1) is 12.8 Å². The molecule has 0 spiro atoms. The van der Waals surface area contributed by atoms with E-state index in [4.69, 9.17) is 14.7 Å². The predicted octanol–water partition coefficient (Wildman–Crippen LogP) is 3.50. The van der Waals surface area contributed by atoms with Crippen molar-refractivity contribution in [2.75, 3.05) is 43.1 Å². The van der Waals surface area contributed by atoms with Crippen LogP contribution in [0, 0.1) is 5.82 Å². The Hall–Kier alpha value is -3.22. The van der Waals surface area contributed by atoms with Crippen molar-refractivity contribution in [1.29, 1.82) is 0 Å². The zero-order valence-electron chi connectivity index (χ0n) is 17.0. The molecule has 3 heterocycles. The molecule has 2 aromatic heterocycles. The SMILES string of the molecule is COc1cc(F)ccc1N1CCN(c2nc(-c3ccncc3)nc3c2CCC3)CC1. The van der Waals surface area contributed by atoms with Gasteiger partial charge in [0.1, 0.15) is 17.4 Å². The average Bonchev–Trinajstić information content (AvgIpc) is 3.28. The summed E-state index contributed by atoms with van der Waals surface area (Å²) in [5.41, 5.74) is 4.40. The van der Waals surface area contributed by atoms with Crippen LogP contribution in [0.1, 0.15) is 17.7 Å². The maximum atomic E-state index is 13.6. The number of rotatable bonds is 4. The van der Waals surface area contributed by atoms with Crippen molar-refractivity contribution in [1.82, 2.24) is 15.0 Å². The molecule has 1 aliphatic heterocycles. The van der Waals surface area contributed by atoms with E-state index in [9.17, 15) is 4.39 Å². The largest absolute Gasteiger partial charge is 0.494 e. The molecule has 1 aliphatic carbocycles. The summed E-state index contributed by atoms with van der Waals surface area (Å²) >= 11 is 0. The average molecular weight is 405 g/mol. The van der Waals surface area contributed by atoms with Crippen molar-refractivity contribution < 1.29 is 9.13 Å². The van der Waals surface area contributed by atoms with Gasteiger partial charge in [0.15, 0.2) is 5.82 Å². The zero-order valence-corrected chi connectivity index (χ0v) is 17.0. The molecule has 7 heteroatoms. The fourth-order valence-corrected chi connectivity index (χ4v) is 4.38. The van der Waals surface area contributed by atoms with Crippen molar-refractivity contribution in [2.24, 2.45) is 0 Å². The van der Waals surface area contributed by atoms with E-state index in [-0.39, 0.29) is 5.82 Å². The van der Waals surface area contributed by atoms with E-state index in [2.05, 4.69) is 14.8 Å². The van der Waals surface area contributed by atoms with Crippen molar-refractivity contribution in [3.8, 4) is 17.1 Å². The van der Waals surface area contributed by atoms with Crippen LogP contribution in [0.25, 0.3) is 11.4 Å². The van der Waals surface area contributed by atoms with Crippen LogP contribution in [0.5, 0.6) is 5.75 Å². The number of aromatic nitrogens is 3. The van der Waals surface area contributed by atoms with Crippen LogP contribution in [-0.4, -0.2) is 48.2 Å². The van der Waals surface area contributed by atoms with Gasteiger partial charge < -0.3 is 14.5 Å². The lowest BCUT2D eigenvalue weighted by atomic mass is 10.1. The molecule has 0 radical (unpaired) electrons. The number of halogens is 1. The Bertz CT molecular complexity index is 1050. The van der Waals surface area contributed by atoms with Crippen LogP contribution in [0.2, 0.25) is 0 Å². The molecule has 0 amide bonds. The minimum absolute atomic E-state index is 0.283. The molecule has 5 rings (SSSR count). The molecule has 1 fully saturated rings. The highest BCUT2D eigenvalue weighted by Crippen LogP contribution is 2.34. The molecule has 154 valence electrons. The first-order valence-corrected chi connectivity index (χ1v) is 10.4. The number of piperazine rings is 1. The zero-order chi connectivity index (χ0) is 20.5. The number of hydrogen-bond donors (Lipinski definition) is 0. The summed E-state index contributed by atoms with van der Waals surface area (Å²) in [6.45, 7) is 3.34. The van der Waals surface area contributed by atoms with Crippen molar-refractivity contribution in [2.45, 2.75) is 19.3 Å². The molecule has 0 unspecified atom stereocenters. The number of anilines is 2. The number of hydrogen-bond acceptors (Lipinski definition) is 6. The molecule has 6 nitrogen and oxygen atoms in total. The van der Waals surface area contributed by atoms with E-state index in [0.717, 1.165) is 68.3 Å². The van der Waals surface area contributed by atoms with Gasteiger partial charge in [-0.3, -0.25) is 4.98 Å². The van der Waals surface area contributed by atoms with Crippen LogP contribution >= 0.6 is 0 Å². The van der Waals surface area contributed by atoms with Crippen molar-refractivity contribution in [3.05, 3.63) is 59.8 Å². The van der Waals surface area contributed by atoms with Crippen LogP contribution in [0.4, 0.5) is 15.9 Å². The van der Waals surface area contributed by atoms with E-state index < -0.39 is 0 Å².